The van der Waals surface area contributed by atoms with Crippen LogP contribution in [0.3, 0.4) is 0 Å². The zero-order valence-electron chi connectivity index (χ0n) is 16.0. The number of aromatic nitrogens is 1. The molecule has 148 valence electrons. The minimum atomic E-state index is 0. The Balaban J connectivity index is 0.00000338. The van der Waals surface area contributed by atoms with Gasteiger partial charge in [-0.1, -0.05) is 24.1 Å². The van der Waals surface area contributed by atoms with Gasteiger partial charge in [-0.05, 0) is 57.7 Å². The Kier molecular flexibility index (Phi) is 12.2. The second-order valence-electron chi connectivity index (χ2n) is 6.66. The second kappa shape index (κ2) is 13.6. The molecule has 0 amide bonds. The molecule has 5 nitrogen and oxygen atoms in total. The van der Waals surface area contributed by atoms with Gasteiger partial charge in [0, 0.05) is 38.4 Å². The normalized spacial score (nSPS) is 18.3. The van der Waals surface area contributed by atoms with Crippen molar-refractivity contribution in [1.82, 2.24) is 20.5 Å². The molecule has 2 rings (SSSR count). The van der Waals surface area contributed by atoms with Gasteiger partial charge in [0.2, 0.25) is 0 Å². The van der Waals surface area contributed by atoms with Crippen LogP contribution in [-0.2, 0) is 6.42 Å². The minimum Gasteiger partial charge on any atom is -0.357 e. The molecule has 0 aromatic carbocycles. The molecule has 26 heavy (non-hydrogen) atoms. The molecule has 7 heteroatoms. The van der Waals surface area contributed by atoms with Crippen LogP contribution in [0.25, 0.3) is 0 Å². The molecule has 0 radical (unpaired) electrons. The summed E-state index contributed by atoms with van der Waals surface area (Å²) >= 11 is 5.81. The van der Waals surface area contributed by atoms with Crippen LogP contribution in [0.2, 0.25) is 5.15 Å². The fraction of sp³-hybridized carbons (Fsp3) is 0.684. The molecule has 1 fully saturated rings. The van der Waals surface area contributed by atoms with E-state index in [-0.39, 0.29) is 24.0 Å². The number of guanidine groups is 1. The van der Waals surface area contributed by atoms with Crippen molar-refractivity contribution < 1.29 is 0 Å². The van der Waals surface area contributed by atoms with Crippen LogP contribution >= 0.6 is 35.6 Å². The Labute approximate surface area is 180 Å². The zero-order valence-corrected chi connectivity index (χ0v) is 19.1. The summed E-state index contributed by atoms with van der Waals surface area (Å²) in [7, 11) is 0. The predicted octanol–water partition coefficient (Wildman–Crippen LogP) is 3.72. The van der Waals surface area contributed by atoms with Gasteiger partial charge in [-0.15, -0.1) is 24.0 Å². The fourth-order valence-corrected chi connectivity index (χ4v) is 3.29. The van der Waals surface area contributed by atoms with Crippen LogP contribution in [0.4, 0.5) is 0 Å². The zero-order chi connectivity index (χ0) is 17.9. The summed E-state index contributed by atoms with van der Waals surface area (Å²) in [6.45, 7) is 9.41. The molecule has 0 saturated carbocycles. The highest BCUT2D eigenvalue weighted by Crippen LogP contribution is 2.16. The topological polar surface area (TPSA) is 52.6 Å². The number of halogens is 2. The van der Waals surface area contributed by atoms with Crippen molar-refractivity contribution in [2.24, 2.45) is 4.99 Å². The summed E-state index contributed by atoms with van der Waals surface area (Å²) in [5, 5.41) is 7.25. The van der Waals surface area contributed by atoms with Crippen molar-refractivity contribution >= 4 is 41.5 Å². The average molecular weight is 494 g/mol. The molecule has 1 unspecified atom stereocenters. The molecule has 0 aliphatic carbocycles. The molecule has 1 aromatic heterocycles. The Morgan fingerprint density at radius 2 is 2.19 bits per heavy atom. The summed E-state index contributed by atoms with van der Waals surface area (Å²) in [4.78, 5) is 11.4. The number of nitrogens with one attached hydrogen (secondary N) is 2. The van der Waals surface area contributed by atoms with Gasteiger partial charge >= 0.3 is 0 Å². The van der Waals surface area contributed by atoms with Crippen LogP contribution in [0, 0.1) is 0 Å². The number of rotatable bonds is 8. The van der Waals surface area contributed by atoms with Crippen molar-refractivity contribution in [2.75, 3.05) is 32.7 Å². The smallest absolute Gasteiger partial charge is 0.191 e. The van der Waals surface area contributed by atoms with Gasteiger partial charge in [-0.3, -0.25) is 4.99 Å². The van der Waals surface area contributed by atoms with Crippen LogP contribution in [0.5, 0.6) is 0 Å². The number of likely N-dealkylation sites (tertiary alicyclic amines) is 1. The fourth-order valence-electron chi connectivity index (χ4n) is 3.18. The van der Waals surface area contributed by atoms with Gasteiger partial charge in [0.05, 0.1) is 0 Å². The van der Waals surface area contributed by atoms with Crippen molar-refractivity contribution in [1.29, 1.82) is 0 Å². The Bertz CT molecular complexity index is 523. The monoisotopic (exact) mass is 493 g/mol. The van der Waals surface area contributed by atoms with E-state index in [0.717, 1.165) is 51.0 Å². The first-order valence-corrected chi connectivity index (χ1v) is 9.93. The van der Waals surface area contributed by atoms with E-state index in [9.17, 15) is 0 Å². The third kappa shape index (κ3) is 8.86. The molecule has 1 aromatic rings. The molecule has 1 aliphatic heterocycles. The first-order valence-electron chi connectivity index (χ1n) is 9.55. The second-order valence-corrected chi connectivity index (χ2v) is 7.05. The number of hydrogen-bond donors (Lipinski definition) is 2. The molecule has 2 heterocycles. The summed E-state index contributed by atoms with van der Waals surface area (Å²) in [6.07, 6.45) is 7.91. The highest BCUT2D eigenvalue weighted by atomic mass is 127. The third-order valence-electron chi connectivity index (χ3n) is 4.65. The largest absolute Gasteiger partial charge is 0.357 e. The van der Waals surface area contributed by atoms with E-state index in [0.29, 0.717) is 5.15 Å². The lowest BCUT2D eigenvalue weighted by atomic mass is 10.0. The van der Waals surface area contributed by atoms with Gasteiger partial charge in [0.1, 0.15) is 5.15 Å². The lowest BCUT2D eigenvalue weighted by Crippen LogP contribution is -2.39. The van der Waals surface area contributed by atoms with Gasteiger partial charge in [0.15, 0.2) is 5.96 Å². The summed E-state index contributed by atoms with van der Waals surface area (Å²) in [5.41, 5.74) is 1.17. The Morgan fingerprint density at radius 3 is 2.88 bits per heavy atom. The van der Waals surface area contributed by atoms with E-state index in [2.05, 4.69) is 34.4 Å². The maximum atomic E-state index is 5.81. The van der Waals surface area contributed by atoms with Crippen molar-refractivity contribution in [3.63, 3.8) is 0 Å². The third-order valence-corrected chi connectivity index (χ3v) is 4.88. The highest BCUT2D eigenvalue weighted by Gasteiger charge is 2.16. The number of pyridine rings is 1. The van der Waals surface area contributed by atoms with E-state index in [1.54, 1.807) is 0 Å². The van der Waals surface area contributed by atoms with E-state index < -0.39 is 0 Å². The highest BCUT2D eigenvalue weighted by molar-refractivity contribution is 14.0. The molecule has 1 aliphatic rings. The van der Waals surface area contributed by atoms with E-state index in [1.807, 2.05) is 18.3 Å². The van der Waals surface area contributed by atoms with Gasteiger partial charge in [0.25, 0.3) is 0 Å². The van der Waals surface area contributed by atoms with Crippen LogP contribution in [0.15, 0.2) is 23.3 Å². The van der Waals surface area contributed by atoms with Crippen molar-refractivity contribution in [3.05, 3.63) is 29.0 Å². The molecular formula is C19H33ClIN5. The van der Waals surface area contributed by atoms with E-state index >= 15 is 0 Å². The van der Waals surface area contributed by atoms with Crippen LogP contribution in [0.1, 0.15) is 45.1 Å². The van der Waals surface area contributed by atoms with Crippen molar-refractivity contribution in [3.8, 4) is 0 Å². The first kappa shape index (κ1) is 23.4. The summed E-state index contributed by atoms with van der Waals surface area (Å²) in [5.74, 6) is 0.899. The van der Waals surface area contributed by atoms with E-state index in [1.165, 1.54) is 31.4 Å². The standard InChI is InChI=1S/C19H32ClN5.HI/c1-3-21-19(23-12-10-17-8-9-18(20)24-15-17)22-11-6-14-25-13-5-4-7-16(25)2;/h8-9,15-16H,3-7,10-14H2,1-2H3,(H2,21,22,23);1H. The lowest BCUT2D eigenvalue weighted by molar-refractivity contribution is 0.160. The maximum Gasteiger partial charge on any atom is 0.191 e. The molecular weight excluding hydrogens is 461 g/mol. The molecule has 2 N–H and O–H groups in total. The van der Waals surface area contributed by atoms with Crippen LogP contribution < -0.4 is 10.6 Å². The Hall–Kier alpha value is -0.600. The number of hydrogen-bond acceptors (Lipinski definition) is 3. The Morgan fingerprint density at radius 1 is 1.35 bits per heavy atom. The van der Waals surface area contributed by atoms with Gasteiger partial charge in [-0.25, -0.2) is 4.98 Å². The predicted molar refractivity (Wildman–Crippen MR) is 122 cm³/mol. The molecule has 1 saturated heterocycles. The number of aliphatic imine (C=N–C) groups is 1. The van der Waals surface area contributed by atoms with Crippen LogP contribution in [-0.4, -0.2) is 54.6 Å². The SMILES string of the molecule is CCNC(=NCCCN1CCCCC1C)NCCc1ccc(Cl)nc1.I. The van der Waals surface area contributed by atoms with Crippen molar-refractivity contribution in [2.45, 2.75) is 52.0 Å². The molecule has 1 atom stereocenters. The van der Waals surface area contributed by atoms with E-state index in [4.69, 9.17) is 16.6 Å². The average Bonchev–Trinajstić information content (AvgIpc) is 2.61. The maximum absolute atomic E-state index is 5.81. The summed E-state index contributed by atoms with van der Waals surface area (Å²) < 4.78 is 0. The summed E-state index contributed by atoms with van der Waals surface area (Å²) in [6, 6.07) is 4.58. The van der Waals surface area contributed by atoms with Gasteiger partial charge < -0.3 is 15.5 Å². The molecule has 0 bridgehead atoms. The van der Waals surface area contributed by atoms with Gasteiger partial charge in [-0.2, -0.15) is 0 Å². The number of piperidine rings is 1. The molecule has 0 spiro atoms. The first-order chi connectivity index (χ1) is 12.2. The lowest BCUT2D eigenvalue weighted by Gasteiger charge is -2.33. The quantitative estimate of drug-likeness (QED) is 0.191. The number of nitrogens with zero attached hydrogens (tertiary/aromatic N) is 3. The minimum absolute atomic E-state index is 0.